The average Bonchev–Trinajstić information content (AvgIpc) is 3.00. The number of pyridine rings is 1. The normalized spacial score (nSPS) is 14.9. The maximum Gasteiger partial charge on any atom is 0.170 e. The van der Waals surface area contributed by atoms with Crippen LogP contribution in [-0.4, -0.2) is 65.0 Å². The average molecular weight is 338 g/mol. The SMILES string of the molecule is Cc1nn(-c2cccc(N(C)C)n2)c2ncnc(N3CCNCC3)c12. The van der Waals surface area contributed by atoms with Crippen LogP contribution in [0.2, 0.25) is 0 Å². The van der Waals surface area contributed by atoms with Crippen molar-refractivity contribution in [3.8, 4) is 5.82 Å². The van der Waals surface area contributed by atoms with Crippen LogP contribution in [-0.2, 0) is 0 Å². The zero-order valence-electron chi connectivity index (χ0n) is 14.8. The summed E-state index contributed by atoms with van der Waals surface area (Å²) in [5.74, 6) is 2.60. The Kier molecular flexibility index (Phi) is 3.96. The number of anilines is 2. The predicted octanol–water partition coefficient (Wildman–Crippen LogP) is 0.995. The number of hydrogen-bond donors (Lipinski definition) is 1. The molecule has 3 aromatic rings. The fourth-order valence-corrected chi connectivity index (χ4v) is 3.15. The van der Waals surface area contributed by atoms with Crippen molar-refractivity contribution in [3.05, 3.63) is 30.2 Å². The van der Waals surface area contributed by atoms with Crippen molar-refractivity contribution >= 4 is 22.7 Å². The highest BCUT2D eigenvalue weighted by atomic mass is 15.4. The number of aryl methyl sites for hydroxylation is 1. The lowest BCUT2D eigenvalue weighted by Crippen LogP contribution is -2.44. The second-order valence-corrected chi connectivity index (χ2v) is 6.38. The van der Waals surface area contributed by atoms with Crippen molar-refractivity contribution in [2.24, 2.45) is 0 Å². The highest BCUT2D eigenvalue weighted by Crippen LogP contribution is 2.28. The Morgan fingerprint density at radius 1 is 1.12 bits per heavy atom. The van der Waals surface area contributed by atoms with Crippen LogP contribution >= 0.6 is 0 Å². The van der Waals surface area contributed by atoms with Gasteiger partial charge in [0.15, 0.2) is 11.5 Å². The number of aromatic nitrogens is 5. The van der Waals surface area contributed by atoms with E-state index in [1.165, 1.54) is 0 Å². The molecule has 0 radical (unpaired) electrons. The summed E-state index contributed by atoms with van der Waals surface area (Å²) >= 11 is 0. The van der Waals surface area contributed by atoms with Crippen LogP contribution in [0.3, 0.4) is 0 Å². The van der Waals surface area contributed by atoms with Crippen molar-refractivity contribution in [1.29, 1.82) is 0 Å². The third-order valence-electron chi connectivity index (χ3n) is 4.43. The van der Waals surface area contributed by atoms with Gasteiger partial charge in [-0.1, -0.05) is 6.07 Å². The molecule has 25 heavy (non-hydrogen) atoms. The van der Waals surface area contributed by atoms with E-state index in [1.54, 1.807) is 6.33 Å². The van der Waals surface area contributed by atoms with Crippen molar-refractivity contribution < 1.29 is 0 Å². The minimum absolute atomic E-state index is 0.759. The van der Waals surface area contributed by atoms with Crippen molar-refractivity contribution in [2.75, 3.05) is 50.1 Å². The first-order valence-corrected chi connectivity index (χ1v) is 8.46. The number of nitrogens with zero attached hydrogens (tertiary/aromatic N) is 7. The van der Waals surface area contributed by atoms with Gasteiger partial charge < -0.3 is 15.1 Å². The van der Waals surface area contributed by atoms with E-state index in [0.717, 1.165) is 60.4 Å². The second-order valence-electron chi connectivity index (χ2n) is 6.38. The van der Waals surface area contributed by atoms with E-state index in [2.05, 4.69) is 20.2 Å². The monoisotopic (exact) mass is 338 g/mol. The fraction of sp³-hybridized carbons (Fsp3) is 0.412. The maximum absolute atomic E-state index is 4.71. The molecule has 1 fully saturated rings. The molecule has 1 N–H and O–H groups in total. The lowest BCUT2D eigenvalue weighted by molar-refractivity contribution is 0.586. The zero-order chi connectivity index (χ0) is 17.4. The van der Waals surface area contributed by atoms with Gasteiger partial charge in [-0.2, -0.15) is 9.78 Å². The lowest BCUT2D eigenvalue weighted by atomic mass is 10.2. The van der Waals surface area contributed by atoms with Crippen molar-refractivity contribution in [1.82, 2.24) is 30.0 Å². The molecule has 4 heterocycles. The highest BCUT2D eigenvalue weighted by Gasteiger charge is 2.21. The van der Waals surface area contributed by atoms with Gasteiger partial charge in [0.05, 0.1) is 11.1 Å². The first-order valence-electron chi connectivity index (χ1n) is 8.46. The minimum Gasteiger partial charge on any atom is -0.363 e. The van der Waals surface area contributed by atoms with E-state index >= 15 is 0 Å². The van der Waals surface area contributed by atoms with Crippen LogP contribution in [0.25, 0.3) is 16.9 Å². The van der Waals surface area contributed by atoms with Crippen LogP contribution in [0.5, 0.6) is 0 Å². The van der Waals surface area contributed by atoms with Crippen molar-refractivity contribution in [3.63, 3.8) is 0 Å². The molecule has 0 saturated carbocycles. The van der Waals surface area contributed by atoms with E-state index in [-0.39, 0.29) is 0 Å². The Morgan fingerprint density at radius 3 is 2.68 bits per heavy atom. The number of nitrogens with one attached hydrogen (secondary N) is 1. The summed E-state index contributed by atoms with van der Waals surface area (Å²) in [6, 6.07) is 5.91. The third kappa shape index (κ3) is 2.78. The summed E-state index contributed by atoms with van der Waals surface area (Å²) in [6.45, 7) is 5.80. The van der Waals surface area contributed by atoms with Crippen LogP contribution in [0, 0.1) is 6.92 Å². The Balaban J connectivity index is 1.85. The number of rotatable bonds is 3. The molecule has 0 spiro atoms. The van der Waals surface area contributed by atoms with Gasteiger partial charge in [-0.15, -0.1) is 0 Å². The summed E-state index contributed by atoms with van der Waals surface area (Å²) in [6.07, 6.45) is 1.62. The summed E-state index contributed by atoms with van der Waals surface area (Å²) in [7, 11) is 3.95. The molecule has 3 aromatic heterocycles. The molecule has 1 aliphatic rings. The number of fused-ring (bicyclic) bond motifs is 1. The van der Waals surface area contributed by atoms with Gasteiger partial charge in [0.1, 0.15) is 18.0 Å². The third-order valence-corrected chi connectivity index (χ3v) is 4.43. The van der Waals surface area contributed by atoms with E-state index in [9.17, 15) is 0 Å². The first-order chi connectivity index (χ1) is 12.1. The molecule has 8 nitrogen and oxygen atoms in total. The first kappa shape index (κ1) is 15.8. The molecule has 0 unspecified atom stereocenters. The Morgan fingerprint density at radius 2 is 1.92 bits per heavy atom. The second kappa shape index (κ2) is 6.29. The van der Waals surface area contributed by atoms with Crippen molar-refractivity contribution in [2.45, 2.75) is 6.92 Å². The molecule has 4 rings (SSSR count). The fourth-order valence-electron chi connectivity index (χ4n) is 3.15. The molecule has 0 amide bonds. The molecule has 8 heteroatoms. The van der Waals surface area contributed by atoms with Gasteiger partial charge in [0, 0.05) is 40.3 Å². The molecule has 1 saturated heterocycles. The predicted molar refractivity (Wildman–Crippen MR) is 98.6 cm³/mol. The Labute approximate surface area is 146 Å². The topological polar surface area (TPSA) is 75.0 Å². The summed E-state index contributed by atoms with van der Waals surface area (Å²) in [5, 5.41) is 9.08. The largest absolute Gasteiger partial charge is 0.363 e. The van der Waals surface area contributed by atoms with Crippen LogP contribution < -0.4 is 15.1 Å². The van der Waals surface area contributed by atoms with Gasteiger partial charge in [0.25, 0.3) is 0 Å². The summed E-state index contributed by atoms with van der Waals surface area (Å²) in [4.78, 5) is 18.0. The molecule has 0 bridgehead atoms. The molecule has 130 valence electrons. The van der Waals surface area contributed by atoms with Gasteiger partial charge in [-0.25, -0.2) is 15.0 Å². The van der Waals surface area contributed by atoms with E-state index in [0.29, 0.717) is 0 Å². The smallest absolute Gasteiger partial charge is 0.170 e. The Bertz CT molecular complexity index is 895. The highest BCUT2D eigenvalue weighted by molar-refractivity contribution is 5.90. The lowest BCUT2D eigenvalue weighted by Gasteiger charge is -2.28. The van der Waals surface area contributed by atoms with Crippen LogP contribution in [0.4, 0.5) is 11.6 Å². The summed E-state index contributed by atoms with van der Waals surface area (Å²) in [5.41, 5.74) is 1.71. The van der Waals surface area contributed by atoms with Gasteiger partial charge in [0.2, 0.25) is 0 Å². The van der Waals surface area contributed by atoms with Gasteiger partial charge in [-0.3, -0.25) is 0 Å². The number of hydrogen-bond acceptors (Lipinski definition) is 7. The molecule has 1 aliphatic heterocycles. The molecule has 0 atom stereocenters. The standard InChI is InChI=1S/C17H22N8/c1-12-15-16(24-9-7-18-8-10-24)19-11-20-17(15)25(22-12)14-6-4-5-13(21-14)23(2)3/h4-6,11,18H,7-10H2,1-3H3. The molecule has 0 aliphatic carbocycles. The van der Waals surface area contributed by atoms with E-state index in [1.807, 2.05) is 48.8 Å². The van der Waals surface area contributed by atoms with Crippen LogP contribution in [0.1, 0.15) is 5.69 Å². The maximum atomic E-state index is 4.71. The molecular formula is C17H22N8. The molecule has 0 aromatic carbocycles. The van der Waals surface area contributed by atoms with Gasteiger partial charge in [-0.05, 0) is 19.1 Å². The summed E-state index contributed by atoms with van der Waals surface area (Å²) < 4.78 is 1.81. The van der Waals surface area contributed by atoms with E-state index < -0.39 is 0 Å². The van der Waals surface area contributed by atoms with E-state index in [4.69, 9.17) is 10.1 Å². The zero-order valence-corrected chi connectivity index (χ0v) is 14.8. The van der Waals surface area contributed by atoms with Crippen LogP contribution in [0.15, 0.2) is 24.5 Å². The minimum atomic E-state index is 0.759. The quantitative estimate of drug-likeness (QED) is 0.763. The Hall–Kier alpha value is -2.74. The van der Waals surface area contributed by atoms with Gasteiger partial charge >= 0.3 is 0 Å². The number of piperazine rings is 1. The molecular weight excluding hydrogens is 316 g/mol.